The van der Waals surface area contributed by atoms with Crippen molar-refractivity contribution in [2.24, 2.45) is 5.92 Å². The number of quaternary nitrogens is 1. The number of piperidine rings is 1. The summed E-state index contributed by atoms with van der Waals surface area (Å²) < 4.78 is 6.71. The molecule has 0 radical (unpaired) electrons. The van der Waals surface area contributed by atoms with Crippen LogP contribution in [-0.4, -0.2) is 44.1 Å². The number of hydrogen-bond acceptors (Lipinski definition) is 3. The fourth-order valence-electron chi connectivity index (χ4n) is 6.28. The summed E-state index contributed by atoms with van der Waals surface area (Å²) in [5.41, 5.74) is 5.90. The van der Waals surface area contributed by atoms with Crippen LogP contribution in [0, 0.1) is 5.92 Å². The van der Waals surface area contributed by atoms with Crippen LogP contribution in [0.15, 0.2) is 41.1 Å². The molecule has 4 heteroatoms. The van der Waals surface area contributed by atoms with Gasteiger partial charge in [0.05, 0.1) is 31.8 Å². The Bertz CT molecular complexity index is 855. The van der Waals surface area contributed by atoms with Crippen molar-refractivity contribution >= 4 is 12.0 Å². The topological polar surface area (TPSA) is 38.3 Å². The zero-order valence-electron chi connectivity index (χ0n) is 15.1. The van der Waals surface area contributed by atoms with Crippen LogP contribution < -0.4 is 10.1 Å². The number of fused-ring (bicyclic) bond motifs is 2. The molecule has 4 atom stereocenters. The molecule has 2 fully saturated rings. The van der Waals surface area contributed by atoms with Gasteiger partial charge in [0, 0.05) is 30.0 Å². The molecular formula is C21H25N2O2+. The van der Waals surface area contributed by atoms with Crippen LogP contribution in [0.5, 0.6) is 5.75 Å². The van der Waals surface area contributed by atoms with Crippen LogP contribution in [0.2, 0.25) is 0 Å². The van der Waals surface area contributed by atoms with Gasteiger partial charge < -0.3 is 14.5 Å². The highest BCUT2D eigenvalue weighted by molar-refractivity contribution is 5.86. The number of anilines is 1. The van der Waals surface area contributed by atoms with E-state index in [1.165, 1.54) is 11.1 Å². The predicted octanol–water partition coefficient (Wildman–Crippen LogP) is 3.01. The van der Waals surface area contributed by atoms with Crippen molar-refractivity contribution in [2.45, 2.75) is 31.2 Å². The van der Waals surface area contributed by atoms with Gasteiger partial charge in [-0.2, -0.15) is 0 Å². The number of rotatable bonds is 2. The number of aldehydes is 1. The van der Waals surface area contributed by atoms with E-state index in [9.17, 15) is 4.79 Å². The summed E-state index contributed by atoms with van der Waals surface area (Å²) in [6.07, 6.45) is 5.52. The van der Waals surface area contributed by atoms with E-state index in [0.29, 0.717) is 6.04 Å². The molecular weight excluding hydrogens is 312 g/mol. The zero-order valence-corrected chi connectivity index (χ0v) is 15.1. The quantitative estimate of drug-likeness (QED) is 0.512. The summed E-state index contributed by atoms with van der Waals surface area (Å²) in [6.45, 7) is 4.34. The molecule has 1 spiro atoms. The van der Waals surface area contributed by atoms with Crippen LogP contribution in [0.3, 0.4) is 0 Å². The van der Waals surface area contributed by atoms with Crippen LogP contribution >= 0.6 is 0 Å². The SMILES string of the molecule is C/C=C1\C[N+]2(C)CCC34C(=C(C=O)C1CC32)Nc1c(OC)cccc14. The lowest BCUT2D eigenvalue weighted by Gasteiger charge is -2.51. The van der Waals surface area contributed by atoms with Crippen LogP contribution in [0.25, 0.3) is 0 Å². The lowest BCUT2D eigenvalue weighted by atomic mass is 9.61. The highest BCUT2D eigenvalue weighted by Gasteiger charge is 2.67. The first kappa shape index (κ1) is 15.2. The Morgan fingerprint density at radius 3 is 2.96 bits per heavy atom. The lowest BCUT2D eigenvalue weighted by Crippen LogP contribution is -2.61. The second kappa shape index (κ2) is 4.76. The van der Waals surface area contributed by atoms with E-state index in [1.54, 1.807) is 7.11 Å². The third-order valence-electron chi connectivity index (χ3n) is 7.37. The largest absolute Gasteiger partial charge is 0.495 e. The minimum atomic E-state index is -0.0510. The van der Waals surface area contributed by atoms with Gasteiger partial charge in [-0.15, -0.1) is 0 Å². The molecule has 4 unspecified atom stereocenters. The number of methoxy groups -OCH3 is 1. The molecule has 1 aliphatic carbocycles. The standard InChI is InChI=1S/C21H24N2O2/c1-4-13-11-23(2)9-8-21-16-6-5-7-17(25-3)19(16)22-20(21)15(12-24)14(13)10-18(21)23/h4-7,12,14,18H,8-11H2,1-3H3/p+1/b13-4+. The fraction of sp³-hybridized carbons (Fsp3) is 0.476. The Labute approximate surface area is 148 Å². The second-order valence-corrected chi connectivity index (χ2v) is 8.21. The van der Waals surface area contributed by atoms with Crippen LogP contribution in [-0.2, 0) is 10.2 Å². The molecule has 3 aliphatic heterocycles. The van der Waals surface area contributed by atoms with Gasteiger partial charge >= 0.3 is 0 Å². The Morgan fingerprint density at radius 2 is 2.24 bits per heavy atom. The summed E-state index contributed by atoms with van der Waals surface area (Å²) in [5, 5.41) is 3.65. The van der Waals surface area contributed by atoms with Crippen LogP contribution in [0.4, 0.5) is 5.69 Å². The predicted molar refractivity (Wildman–Crippen MR) is 97.6 cm³/mol. The third-order valence-corrected chi connectivity index (χ3v) is 7.37. The molecule has 2 bridgehead atoms. The molecule has 0 aromatic heterocycles. The molecule has 1 N–H and O–H groups in total. The molecule has 1 aromatic carbocycles. The first-order chi connectivity index (χ1) is 12.1. The Hall–Kier alpha value is -2.07. The summed E-state index contributed by atoms with van der Waals surface area (Å²) >= 11 is 0. The molecule has 25 heavy (non-hydrogen) atoms. The van der Waals surface area contributed by atoms with Gasteiger partial charge in [0.1, 0.15) is 24.6 Å². The van der Waals surface area contributed by atoms with Crippen molar-refractivity contribution in [1.82, 2.24) is 0 Å². The third kappa shape index (κ3) is 1.59. The smallest absolute Gasteiger partial charge is 0.148 e. The van der Waals surface area contributed by atoms with Crippen molar-refractivity contribution in [1.29, 1.82) is 0 Å². The second-order valence-electron chi connectivity index (χ2n) is 8.21. The number of benzene rings is 1. The number of para-hydroxylation sites is 1. The minimum Gasteiger partial charge on any atom is -0.495 e. The molecule has 1 aromatic rings. The molecule has 5 rings (SSSR count). The van der Waals surface area contributed by atoms with Crippen LogP contribution in [0.1, 0.15) is 25.3 Å². The molecule has 4 nitrogen and oxygen atoms in total. The van der Waals surface area contributed by atoms with Crippen molar-refractivity contribution in [3.63, 3.8) is 0 Å². The Morgan fingerprint density at radius 1 is 1.40 bits per heavy atom. The number of ether oxygens (including phenoxy) is 1. The van der Waals surface area contributed by atoms with E-state index in [2.05, 4.69) is 37.5 Å². The molecule has 130 valence electrons. The molecule has 4 aliphatic rings. The zero-order chi connectivity index (χ0) is 17.4. The van der Waals surface area contributed by atoms with E-state index in [1.807, 2.05) is 6.07 Å². The average molecular weight is 337 g/mol. The number of carbonyl (C=O) groups excluding carboxylic acids is 1. The monoisotopic (exact) mass is 337 g/mol. The van der Waals surface area contributed by atoms with E-state index >= 15 is 0 Å². The van der Waals surface area contributed by atoms with Crippen molar-refractivity contribution in [3.8, 4) is 5.75 Å². The van der Waals surface area contributed by atoms with Crippen molar-refractivity contribution in [2.75, 3.05) is 32.6 Å². The van der Waals surface area contributed by atoms with Gasteiger partial charge in [-0.1, -0.05) is 18.2 Å². The summed E-state index contributed by atoms with van der Waals surface area (Å²) in [5.74, 6) is 1.15. The number of hydrogen-bond donors (Lipinski definition) is 1. The van der Waals surface area contributed by atoms with E-state index < -0.39 is 0 Å². The number of nitrogens with one attached hydrogen (secondary N) is 1. The average Bonchev–Trinajstić information content (AvgIpc) is 3.14. The van der Waals surface area contributed by atoms with E-state index in [-0.39, 0.29) is 11.3 Å². The Kier molecular flexibility index (Phi) is 2.89. The number of likely N-dealkylation sites (N-methyl/N-ethyl adjacent to an activating group) is 1. The maximum atomic E-state index is 12.2. The first-order valence-corrected chi connectivity index (χ1v) is 9.22. The Balaban J connectivity index is 1.84. The van der Waals surface area contributed by atoms with Gasteiger partial charge in [0.2, 0.25) is 0 Å². The summed E-state index contributed by atoms with van der Waals surface area (Å²) in [6, 6.07) is 6.86. The van der Waals surface area contributed by atoms with Gasteiger partial charge in [-0.25, -0.2) is 0 Å². The highest BCUT2D eigenvalue weighted by atomic mass is 16.5. The van der Waals surface area contributed by atoms with Gasteiger partial charge in [0.25, 0.3) is 0 Å². The maximum Gasteiger partial charge on any atom is 0.148 e. The molecule has 0 amide bonds. The van der Waals surface area contributed by atoms with Gasteiger partial charge in [-0.05, 0) is 24.1 Å². The number of nitrogens with zero attached hydrogens (tertiary/aromatic N) is 1. The molecule has 2 saturated heterocycles. The normalized spacial score (nSPS) is 39.1. The molecule has 0 saturated carbocycles. The lowest BCUT2D eigenvalue weighted by molar-refractivity contribution is -0.923. The summed E-state index contributed by atoms with van der Waals surface area (Å²) in [4.78, 5) is 12.2. The van der Waals surface area contributed by atoms with Crippen molar-refractivity contribution < 1.29 is 14.0 Å². The van der Waals surface area contributed by atoms with Crippen molar-refractivity contribution in [3.05, 3.63) is 46.7 Å². The van der Waals surface area contributed by atoms with Gasteiger partial charge in [-0.3, -0.25) is 4.79 Å². The van der Waals surface area contributed by atoms with Gasteiger partial charge in [0.15, 0.2) is 0 Å². The molecule has 3 heterocycles. The summed E-state index contributed by atoms with van der Waals surface area (Å²) in [7, 11) is 4.12. The maximum absolute atomic E-state index is 12.2. The van der Waals surface area contributed by atoms with E-state index in [4.69, 9.17) is 4.74 Å². The highest BCUT2D eigenvalue weighted by Crippen LogP contribution is 2.63. The van der Waals surface area contributed by atoms with E-state index in [0.717, 1.165) is 59.4 Å². The number of allylic oxidation sites excluding steroid dienone is 2. The number of carbonyl (C=O) groups is 1. The minimum absolute atomic E-state index is 0.0510. The fourth-order valence-corrected chi connectivity index (χ4v) is 6.28. The first-order valence-electron chi connectivity index (χ1n) is 9.22.